The highest BCUT2D eigenvalue weighted by atomic mass is 35.5. The highest BCUT2D eigenvalue weighted by Gasteiger charge is 2.28. The summed E-state index contributed by atoms with van der Waals surface area (Å²) in [7, 11) is 0. The summed E-state index contributed by atoms with van der Waals surface area (Å²) < 4.78 is 10.5. The molecule has 22 heavy (non-hydrogen) atoms. The molecule has 1 unspecified atom stereocenters. The first-order chi connectivity index (χ1) is 10.6. The van der Waals surface area contributed by atoms with E-state index in [-0.39, 0.29) is 12.5 Å². The lowest BCUT2D eigenvalue weighted by atomic mass is 9.90. The molecule has 0 saturated heterocycles. The van der Waals surface area contributed by atoms with Crippen molar-refractivity contribution < 1.29 is 19.5 Å². The van der Waals surface area contributed by atoms with Crippen molar-refractivity contribution in [3.8, 4) is 17.2 Å². The standard InChI is InChI=1S/C15H12ClNO5/c16-12-4-2-1-3-9(12)11(7-17(19)20)10-5-14-15(6-13(10)18)22-8-21-14/h1-6,11,18H,7-8H2. The summed E-state index contributed by atoms with van der Waals surface area (Å²) in [6.07, 6.45) is 0. The van der Waals surface area contributed by atoms with Crippen LogP contribution in [-0.4, -0.2) is 23.4 Å². The monoisotopic (exact) mass is 321 g/mol. The number of benzene rings is 2. The van der Waals surface area contributed by atoms with Gasteiger partial charge in [0.15, 0.2) is 11.5 Å². The third kappa shape index (κ3) is 2.65. The number of halogens is 1. The number of nitrogens with zero attached hydrogens (tertiary/aromatic N) is 1. The molecule has 2 aromatic rings. The summed E-state index contributed by atoms with van der Waals surface area (Å²) >= 11 is 6.16. The van der Waals surface area contributed by atoms with Crippen LogP contribution in [0.25, 0.3) is 0 Å². The van der Waals surface area contributed by atoms with Crippen LogP contribution in [0, 0.1) is 10.1 Å². The van der Waals surface area contributed by atoms with E-state index in [1.807, 2.05) is 0 Å². The maximum absolute atomic E-state index is 11.0. The molecule has 1 heterocycles. The molecule has 0 spiro atoms. The second-order valence-corrected chi connectivity index (χ2v) is 5.26. The lowest BCUT2D eigenvalue weighted by Gasteiger charge is -2.17. The van der Waals surface area contributed by atoms with Gasteiger partial charge in [-0.25, -0.2) is 0 Å². The van der Waals surface area contributed by atoms with Crippen LogP contribution in [0.4, 0.5) is 0 Å². The summed E-state index contributed by atoms with van der Waals surface area (Å²) in [5.41, 5.74) is 0.962. The summed E-state index contributed by atoms with van der Waals surface area (Å²) in [6.45, 7) is -0.332. The van der Waals surface area contributed by atoms with Crippen LogP contribution < -0.4 is 9.47 Å². The van der Waals surface area contributed by atoms with Crippen LogP contribution in [0.2, 0.25) is 5.02 Å². The van der Waals surface area contributed by atoms with E-state index in [0.29, 0.717) is 27.6 Å². The van der Waals surface area contributed by atoms with E-state index in [0.717, 1.165) is 0 Å². The van der Waals surface area contributed by atoms with Gasteiger partial charge >= 0.3 is 0 Å². The van der Waals surface area contributed by atoms with Crippen molar-refractivity contribution in [3.63, 3.8) is 0 Å². The largest absolute Gasteiger partial charge is 0.507 e. The number of aromatic hydroxyl groups is 1. The van der Waals surface area contributed by atoms with Gasteiger partial charge in [-0.15, -0.1) is 0 Å². The van der Waals surface area contributed by atoms with Gasteiger partial charge in [-0.2, -0.15) is 0 Å². The van der Waals surface area contributed by atoms with Crippen LogP contribution in [0.5, 0.6) is 17.2 Å². The minimum Gasteiger partial charge on any atom is -0.507 e. The van der Waals surface area contributed by atoms with Crippen molar-refractivity contribution in [1.29, 1.82) is 0 Å². The molecule has 0 saturated carbocycles. The molecule has 1 aliphatic heterocycles. The van der Waals surface area contributed by atoms with E-state index in [2.05, 4.69) is 0 Å². The Morgan fingerprint density at radius 3 is 2.59 bits per heavy atom. The van der Waals surface area contributed by atoms with Gasteiger partial charge in [0, 0.05) is 21.6 Å². The van der Waals surface area contributed by atoms with Crippen molar-refractivity contribution in [1.82, 2.24) is 0 Å². The van der Waals surface area contributed by atoms with Crippen molar-refractivity contribution in [2.45, 2.75) is 5.92 Å². The zero-order chi connectivity index (χ0) is 15.7. The Kier molecular flexibility index (Phi) is 3.77. The lowest BCUT2D eigenvalue weighted by Crippen LogP contribution is -2.14. The van der Waals surface area contributed by atoms with E-state index in [9.17, 15) is 15.2 Å². The fraction of sp³-hybridized carbons (Fsp3) is 0.200. The molecule has 114 valence electrons. The highest BCUT2D eigenvalue weighted by molar-refractivity contribution is 6.31. The molecule has 1 atom stereocenters. The third-order valence-electron chi connectivity index (χ3n) is 3.51. The molecule has 7 heteroatoms. The van der Waals surface area contributed by atoms with Gasteiger partial charge in [0.2, 0.25) is 13.3 Å². The number of nitro groups is 1. The van der Waals surface area contributed by atoms with Crippen molar-refractivity contribution in [2.75, 3.05) is 13.3 Å². The number of phenols is 1. The van der Waals surface area contributed by atoms with E-state index in [1.165, 1.54) is 6.07 Å². The molecular formula is C15H12ClNO5. The average molecular weight is 322 g/mol. The maximum Gasteiger partial charge on any atom is 0.231 e. The number of fused-ring (bicyclic) bond motifs is 1. The fourth-order valence-electron chi connectivity index (χ4n) is 2.50. The zero-order valence-electron chi connectivity index (χ0n) is 11.4. The Morgan fingerprint density at radius 2 is 1.91 bits per heavy atom. The first kappa shape index (κ1) is 14.5. The minimum atomic E-state index is -0.682. The predicted octanol–water partition coefficient (Wildman–Crippen LogP) is 3.18. The zero-order valence-corrected chi connectivity index (χ0v) is 12.1. The summed E-state index contributed by atoms with van der Waals surface area (Å²) in [4.78, 5) is 10.6. The Bertz CT molecular complexity index is 734. The Balaban J connectivity index is 2.11. The predicted molar refractivity (Wildman–Crippen MR) is 79.4 cm³/mol. The van der Waals surface area contributed by atoms with Crippen molar-refractivity contribution >= 4 is 11.6 Å². The van der Waals surface area contributed by atoms with Gasteiger partial charge < -0.3 is 14.6 Å². The van der Waals surface area contributed by atoms with Gasteiger partial charge in [-0.05, 0) is 17.7 Å². The first-order valence-corrected chi connectivity index (χ1v) is 6.93. The van der Waals surface area contributed by atoms with Crippen molar-refractivity contribution in [3.05, 3.63) is 62.7 Å². The van der Waals surface area contributed by atoms with E-state index >= 15 is 0 Å². The minimum absolute atomic E-state index is 0.0597. The second-order valence-electron chi connectivity index (χ2n) is 4.85. The highest BCUT2D eigenvalue weighted by Crippen LogP contribution is 2.43. The number of hydrogen-bond acceptors (Lipinski definition) is 5. The average Bonchev–Trinajstić information content (AvgIpc) is 2.92. The molecule has 0 amide bonds. The SMILES string of the molecule is O=[N+]([O-])CC(c1cc2c(cc1O)OCO2)c1ccccc1Cl. The normalized spacial score (nSPS) is 13.9. The molecule has 3 rings (SSSR count). The molecule has 1 N–H and O–H groups in total. The van der Waals surface area contributed by atoms with Gasteiger partial charge in [-0.1, -0.05) is 29.8 Å². The third-order valence-corrected chi connectivity index (χ3v) is 3.85. The second kappa shape index (κ2) is 5.73. The first-order valence-electron chi connectivity index (χ1n) is 6.55. The summed E-state index contributed by atoms with van der Waals surface area (Å²) in [5, 5.41) is 21.7. The van der Waals surface area contributed by atoms with Crippen LogP contribution >= 0.6 is 11.6 Å². The lowest BCUT2D eigenvalue weighted by molar-refractivity contribution is -0.481. The Hall–Kier alpha value is -2.47. The van der Waals surface area contributed by atoms with E-state index < -0.39 is 17.4 Å². The fourth-order valence-corrected chi connectivity index (χ4v) is 2.76. The Labute approximate surface area is 131 Å². The van der Waals surface area contributed by atoms with Crippen LogP contribution in [-0.2, 0) is 0 Å². The van der Waals surface area contributed by atoms with Crippen molar-refractivity contribution in [2.24, 2.45) is 0 Å². The summed E-state index contributed by atoms with van der Waals surface area (Å²) in [6, 6.07) is 9.83. The van der Waals surface area contributed by atoms with Gasteiger partial charge in [-0.3, -0.25) is 10.1 Å². The van der Waals surface area contributed by atoms with Crippen LogP contribution in [0.15, 0.2) is 36.4 Å². The number of ether oxygens (including phenoxy) is 2. The quantitative estimate of drug-likeness (QED) is 0.691. The molecule has 0 aromatic heterocycles. The molecule has 0 radical (unpaired) electrons. The number of hydrogen-bond donors (Lipinski definition) is 1. The molecule has 2 aromatic carbocycles. The molecule has 6 nitrogen and oxygen atoms in total. The van der Waals surface area contributed by atoms with Crippen LogP contribution in [0.1, 0.15) is 17.0 Å². The van der Waals surface area contributed by atoms with Crippen LogP contribution in [0.3, 0.4) is 0 Å². The smallest absolute Gasteiger partial charge is 0.231 e. The van der Waals surface area contributed by atoms with Gasteiger partial charge in [0.1, 0.15) is 5.75 Å². The topological polar surface area (TPSA) is 81.8 Å². The summed E-state index contributed by atoms with van der Waals surface area (Å²) in [5.74, 6) is 0.0997. The van der Waals surface area contributed by atoms with E-state index in [4.69, 9.17) is 21.1 Å². The Morgan fingerprint density at radius 1 is 1.23 bits per heavy atom. The maximum atomic E-state index is 11.0. The number of rotatable bonds is 4. The van der Waals surface area contributed by atoms with E-state index in [1.54, 1.807) is 30.3 Å². The number of phenolic OH excluding ortho intramolecular Hbond substituents is 1. The van der Waals surface area contributed by atoms with Gasteiger partial charge in [0.25, 0.3) is 0 Å². The molecule has 0 aliphatic carbocycles. The molecule has 0 bridgehead atoms. The molecule has 1 aliphatic rings. The molecule has 0 fully saturated rings. The van der Waals surface area contributed by atoms with Gasteiger partial charge in [0.05, 0.1) is 5.92 Å². The molecular weight excluding hydrogens is 310 g/mol.